The first-order valence-electron chi connectivity index (χ1n) is 9.03. The van der Waals surface area contributed by atoms with Crippen molar-refractivity contribution < 1.29 is 9.53 Å². The Balaban J connectivity index is 1.47. The van der Waals surface area contributed by atoms with Crippen LogP contribution >= 0.6 is 11.8 Å². The van der Waals surface area contributed by atoms with Crippen LogP contribution in [0, 0.1) is 0 Å². The first-order valence-corrected chi connectivity index (χ1v) is 10.0. The minimum Gasteiger partial charge on any atom is -0.372 e. The van der Waals surface area contributed by atoms with Crippen LogP contribution in [0.1, 0.15) is 32.7 Å². The maximum atomic E-state index is 12.6. The van der Waals surface area contributed by atoms with E-state index in [4.69, 9.17) is 4.74 Å². The number of thioether (sulfide) groups is 1. The normalized spacial score (nSPS) is 23.2. The summed E-state index contributed by atoms with van der Waals surface area (Å²) in [6.07, 6.45) is 5.98. The number of rotatable bonds is 5. The highest BCUT2D eigenvalue weighted by molar-refractivity contribution is 7.99. The molecule has 0 spiro atoms. The van der Waals surface area contributed by atoms with Crippen LogP contribution in [0.15, 0.2) is 29.7 Å². The topological polar surface area (TPSA) is 73.1 Å². The molecule has 2 unspecified atom stereocenters. The zero-order chi connectivity index (χ0) is 18.1. The van der Waals surface area contributed by atoms with Gasteiger partial charge < -0.3 is 9.64 Å². The van der Waals surface area contributed by atoms with E-state index in [1.54, 1.807) is 12.4 Å². The van der Waals surface area contributed by atoms with E-state index in [-0.39, 0.29) is 18.1 Å². The van der Waals surface area contributed by atoms with Crippen molar-refractivity contribution >= 4 is 17.7 Å². The SMILES string of the molecule is CC1CN(C(=O)CSc2nnc(-c3cccnc3)n2C2CC2)CC(C)O1. The number of hydrogen-bond donors (Lipinski definition) is 0. The molecule has 1 amide bonds. The fraction of sp³-hybridized carbons (Fsp3) is 0.556. The van der Waals surface area contributed by atoms with Gasteiger partial charge in [0, 0.05) is 37.1 Å². The lowest BCUT2D eigenvalue weighted by Gasteiger charge is -2.35. The zero-order valence-corrected chi connectivity index (χ0v) is 15.9. The van der Waals surface area contributed by atoms with Gasteiger partial charge in [-0.2, -0.15) is 0 Å². The van der Waals surface area contributed by atoms with Crippen LogP contribution < -0.4 is 0 Å². The van der Waals surface area contributed by atoms with Gasteiger partial charge in [-0.05, 0) is 38.8 Å². The molecule has 2 aromatic rings. The Morgan fingerprint density at radius 2 is 2.04 bits per heavy atom. The van der Waals surface area contributed by atoms with Crippen molar-refractivity contribution in [3.05, 3.63) is 24.5 Å². The van der Waals surface area contributed by atoms with E-state index in [2.05, 4.69) is 19.7 Å². The molecular formula is C18H23N5O2S. The van der Waals surface area contributed by atoms with Crippen molar-refractivity contribution in [2.75, 3.05) is 18.8 Å². The number of pyridine rings is 1. The lowest BCUT2D eigenvalue weighted by atomic mass is 10.2. The summed E-state index contributed by atoms with van der Waals surface area (Å²) in [6.45, 7) is 5.32. The van der Waals surface area contributed by atoms with E-state index in [1.807, 2.05) is 30.9 Å². The lowest BCUT2D eigenvalue weighted by Crippen LogP contribution is -2.48. The highest BCUT2D eigenvalue weighted by Gasteiger charge is 2.31. The standard InChI is InChI=1S/C18H23N5O2S/c1-12-9-22(10-13(2)25-12)16(24)11-26-18-21-20-17(23(18)15-5-6-15)14-4-3-7-19-8-14/h3-4,7-8,12-13,15H,5-6,9-11H2,1-2H3. The van der Waals surface area contributed by atoms with Gasteiger partial charge >= 0.3 is 0 Å². The summed E-state index contributed by atoms with van der Waals surface area (Å²) in [7, 11) is 0. The predicted octanol–water partition coefficient (Wildman–Crippen LogP) is 2.40. The highest BCUT2D eigenvalue weighted by Crippen LogP contribution is 2.40. The second-order valence-corrected chi connectivity index (χ2v) is 7.94. The van der Waals surface area contributed by atoms with Crippen molar-refractivity contribution in [3.63, 3.8) is 0 Å². The fourth-order valence-corrected chi connectivity index (χ4v) is 4.24. The Labute approximate surface area is 157 Å². The summed E-state index contributed by atoms with van der Waals surface area (Å²) >= 11 is 1.47. The maximum absolute atomic E-state index is 12.6. The summed E-state index contributed by atoms with van der Waals surface area (Å²) in [5, 5.41) is 9.54. The molecule has 1 aliphatic heterocycles. The van der Waals surface area contributed by atoms with E-state index < -0.39 is 0 Å². The first-order chi connectivity index (χ1) is 12.6. The van der Waals surface area contributed by atoms with Gasteiger partial charge in [0.15, 0.2) is 11.0 Å². The summed E-state index contributed by atoms with van der Waals surface area (Å²) in [6, 6.07) is 4.32. The molecule has 0 N–H and O–H groups in total. The molecule has 0 radical (unpaired) electrons. The third-order valence-corrected chi connectivity index (χ3v) is 5.52. The fourth-order valence-electron chi connectivity index (χ4n) is 3.33. The van der Waals surface area contributed by atoms with E-state index in [1.165, 1.54) is 11.8 Å². The molecule has 2 atom stereocenters. The summed E-state index contributed by atoms with van der Waals surface area (Å²) in [4.78, 5) is 18.7. The Morgan fingerprint density at radius 3 is 2.69 bits per heavy atom. The number of amides is 1. The van der Waals surface area contributed by atoms with Crippen LogP contribution in [0.4, 0.5) is 0 Å². The van der Waals surface area contributed by atoms with Gasteiger partial charge in [-0.25, -0.2) is 0 Å². The quantitative estimate of drug-likeness (QED) is 0.750. The molecule has 2 aromatic heterocycles. The van der Waals surface area contributed by atoms with Gasteiger partial charge in [0.2, 0.25) is 5.91 Å². The summed E-state index contributed by atoms with van der Waals surface area (Å²) in [5.41, 5.74) is 0.959. The minimum atomic E-state index is 0.0833. The van der Waals surface area contributed by atoms with Gasteiger partial charge in [-0.3, -0.25) is 14.3 Å². The second kappa shape index (κ2) is 7.36. The van der Waals surface area contributed by atoms with Crippen LogP contribution in [-0.2, 0) is 9.53 Å². The van der Waals surface area contributed by atoms with E-state index in [9.17, 15) is 4.79 Å². The Kier molecular flexibility index (Phi) is 4.95. The van der Waals surface area contributed by atoms with Crippen LogP contribution in [0.5, 0.6) is 0 Å². The number of carbonyl (C=O) groups is 1. The average Bonchev–Trinajstić information content (AvgIpc) is 3.38. The lowest BCUT2D eigenvalue weighted by molar-refractivity contribution is -0.140. The smallest absolute Gasteiger partial charge is 0.233 e. The van der Waals surface area contributed by atoms with Gasteiger partial charge in [0.25, 0.3) is 0 Å². The number of aromatic nitrogens is 4. The average molecular weight is 373 g/mol. The zero-order valence-electron chi connectivity index (χ0n) is 15.0. The molecule has 1 aliphatic carbocycles. The van der Waals surface area contributed by atoms with Crippen molar-refractivity contribution in [1.29, 1.82) is 0 Å². The second-order valence-electron chi connectivity index (χ2n) is 6.99. The van der Waals surface area contributed by atoms with Crippen LogP contribution in [-0.4, -0.2) is 61.6 Å². The van der Waals surface area contributed by atoms with E-state index >= 15 is 0 Å². The molecule has 26 heavy (non-hydrogen) atoms. The van der Waals surface area contributed by atoms with Gasteiger partial charge in [-0.15, -0.1) is 10.2 Å². The molecule has 7 nitrogen and oxygen atoms in total. The summed E-state index contributed by atoms with van der Waals surface area (Å²) in [5.74, 6) is 1.34. The van der Waals surface area contributed by atoms with Gasteiger partial charge in [-0.1, -0.05) is 11.8 Å². The Hall–Kier alpha value is -1.93. The van der Waals surface area contributed by atoms with Crippen LogP contribution in [0.3, 0.4) is 0 Å². The molecule has 1 saturated carbocycles. The number of nitrogens with zero attached hydrogens (tertiary/aromatic N) is 5. The first kappa shape index (κ1) is 17.5. The number of ether oxygens (including phenoxy) is 1. The molecule has 0 aromatic carbocycles. The van der Waals surface area contributed by atoms with Gasteiger partial charge in [0.1, 0.15) is 0 Å². The van der Waals surface area contributed by atoms with E-state index in [0.717, 1.165) is 29.4 Å². The number of hydrogen-bond acceptors (Lipinski definition) is 6. The highest BCUT2D eigenvalue weighted by atomic mass is 32.2. The molecule has 0 bridgehead atoms. The van der Waals surface area contributed by atoms with Crippen molar-refractivity contribution in [3.8, 4) is 11.4 Å². The third-order valence-electron chi connectivity index (χ3n) is 4.59. The Bertz CT molecular complexity index is 767. The third kappa shape index (κ3) is 3.76. The number of carbonyl (C=O) groups excluding carboxylic acids is 1. The van der Waals surface area contributed by atoms with Gasteiger partial charge in [0.05, 0.1) is 18.0 Å². The number of morpholine rings is 1. The predicted molar refractivity (Wildman–Crippen MR) is 98.8 cm³/mol. The maximum Gasteiger partial charge on any atom is 0.233 e. The van der Waals surface area contributed by atoms with Crippen molar-refractivity contribution in [2.24, 2.45) is 0 Å². The van der Waals surface area contributed by atoms with Crippen LogP contribution in [0.2, 0.25) is 0 Å². The molecule has 138 valence electrons. The van der Waals surface area contributed by atoms with Crippen LogP contribution in [0.25, 0.3) is 11.4 Å². The largest absolute Gasteiger partial charge is 0.372 e. The van der Waals surface area contributed by atoms with E-state index in [0.29, 0.717) is 24.9 Å². The monoisotopic (exact) mass is 373 g/mol. The minimum absolute atomic E-state index is 0.0833. The van der Waals surface area contributed by atoms with Crippen molar-refractivity contribution in [1.82, 2.24) is 24.6 Å². The molecule has 2 fully saturated rings. The van der Waals surface area contributed by atoms with Crippen molar-refractivity contribution in [2.45, 2.75) is 50.1 Å². The molecule has 1 saturated heterocycles. The molecular weight excluding hydrogens is 350 g/mol. The Morgan fingerprint density at radius 1 is 1.27 bits per heavy atom. The molecule has 3 heterocycles. The molecule has 8 heteroatoms. The molecule has 2 aliphatic rings. The summed E-state index contributed by atoms with van der Waals surface area (Å²) < 4.78 is 7.87. The molecule has 4 rings (SSSR count).